The number of anilines is 1. The predicted molar refractivity (Wildman–Crippen MR) is 92.8 cm³/mol. The van der Waals surface area contributed by atoms with Crippen molar-refractivity contribution in [3.05, 3.63) is 64.7 Å². The van der Waals surface area contributed by atoms with E-state index < -0.39 is 0 Å². The molecule has 3 aromatic rings. The zero-order valence-electron chi connectivity index (χ0n) is 12.2. The minimum Gasteiger partial charge on any atom is -0.382 e. The molecule has 1 heterocycles. The van der Waals surface area contributed by atoms with Crippen molar-refractivity contribution < 1.29 is 4.79 Å². The van der Waals surface area contributed by atoms with Crippen LogP contribution in [0.5, 0.6) is 0 Å². The normalized spacial score (nSPS) is 11.2. The molecule has 23 heavy (non-hydrogen) atoms. The van der Waals surface area contributed by atoms with Crippen molar-refractivity contribution >= 4 is 40.3 Å². The first kappa shape index (κ1) is 15.1. The van der Waals surface area contributed by atoms with E-state index in [2.05, 4.69) is 15.5 Å². The monoisotopic (exact) mass is 326 g/mol. The molecule has 0 aliphatic rings. The summed E-state index contributed by atoms with van der Waals surface area (Å²) < 4.78 is 0. The van der Waals surface area contributed by atoms with Crippen LogP contribution in [0, 0.1) is 0 Å². The molecule has 2 aromatic carbocycles. The Hall–Kier alpha value is -2.79. The van der Waals surface area contributed by atoms with Crippen molar-refractivity contribution in [3.8, 4) is 0 Å². The summed E-state index contributed by atoms with van der Waals surface area (Å²) in [5.41, 5.74) is 8.46. The lowest BCUT2D eigenvalue weighted by Crippen LogP contribution is -2.20. The average molecular weight is 327 g/mol. The highest BCUT2D eigenvalue weighted by Gasteiger charge is 2.02. The SMILES string of the molecule is Nc1n[nH]c2ccc(C=CC(=O)NCc3cccc(Cl)c3)cc12. The summed E-state index contributed by atoms with van der Waals surface area (Å²) in [7, 11) is 0. The lowest BCUT2D eigenvalue weighted by atomic mass is 10.1. The van der Waals surface area contributed by atoms with E-state index in [0.717, 1.165) is 22.0 Å². The van der Waals surface area contributed by atoms with Crippen molar-refractivity contribution in [3.63, 3.8) is 0 Å². The van der Waals surface area contributed by atoms with Gasteiger partial charge in [-0.25, -0.2) is 0 Å². The molecule has 0 bridgehead atoms. The molecule has 0 saturated carbocycles. The third kappa shape index (κ3) is 3.70. The summed E-state index contributed by atoms with van der Waals surface area (Å²) in [6.45, 7) is 0.428. The minimum atomic E-state index is -0.176. The van der Waals surface area contributed by atoms with Gasteiger partial charge >= 0.3 is 0 Å². The quantitative estimate of drug-likeness (QED) is 0.644. The highest BCUT2D eigenvalue weighted by Crippen LogP contribution is 2.19. The van der Waals surface area contributed by atoms with Gasteiger partial charge in [0.2, 0.25) is 5.91 Å². The summed E-state index contributed by atoms with van der Waals surface area (Å²) >= 11 is 5.91. The molecule has 0 unspecified atom stereocenters. The predicted octanol–water partition coefficient (Wildman–Crippen LogP) is 3.13. The number of hydrogen-bond donors (Lipinski definition) is 3. The molecule has 0 radical (unpaired) electrons. The molecule has 4 N–H and O–H groups in total. The number of nitrogen functional groups attached to an aromatic ring is 1. The summed E-state index contributed by atoms with van der Waals surface area (Å²) in [5.74, 6) is 0.269. The Morgan fingerprint density at radius 1 is 1.30 bits per heavy atom. The first-order valence-corrected chi connectivity index (χ1v) is 7.43. The van der Waals surface area contributed by atoms with Gasteiger partial charge in [-0.1, -0.05) is 29.8 Å². The van der Waals surface area contributed by atoms with Gasteiger partial charge in [-0.15, -0.1) is 0 Å². The Bertz CT molecular complexity index is 885. The van der Waals surface area contributed by atoms with E-state index in [1.54, 1.807) is 12.1 Å². The van der Waals surface area contributed by atoms with Crippen molar-refractivity contribution in [2.45, 2.75) is 6.54 Å². The fourth-order valence-corrected chi connectivity index (χ4v) is 2.44. The van der Waals surface area contributed by atoms with Crippen LogP contribution in [-0.4, -0.2) is 16.1 Å². The topological polar surface area (TPSA) is 83.8 Å². The van der Waals surface area contributed by atoms with E-state index >= 15 is 0 Å². The van der Waals surface area contributed by atoms with E-state index in [0.29, 0.717) is 17.4 Å². The maximum Gasteiger partial charge on any atom is 0.244 e. The number of rotatable bonds is 4. The van der Waals surface area contributed by atoms with E-state index in [1.807, 2.05) is 36.4 Å². The Morgan fingerprint density at radius 3 is 3.00 bits per heavy atom. The summed E-state index contributed by atoms with van der Waals surface area (Å²) in [5, 5.41) is 11.1. The van der Waals surface area contributed by atoms with E-state index in [-0.39, 0.29) is 5.91 Å². The van der Waals surface area contributed by atoms with Gasteiger partial charge in [0.1, 0.15) is 0 Å². The molecule has 3 rings (SSSR count). The van der Waals surface area contributed by atoms with Gasteiger partial charge in [-0.05, 0) is 41.5 Å². The Morgan fingerprint density at radius 2 is 2.17 bits per heavy atom. The smallest absolute Gasteiger partial charge is 0.244 e. The third-order valence-corrected chi connectivity index (χ3v) is 3.63. The van der Waals surface area contributed by atoms with Crippen LogP contribution in [0.4, 0.5) is 5.82 Å². The minimum absolute atomic E-state index is 0.176. The number of hydrogen-bond acceptors (Lipinski definition) is 3. The van der Waals surface area contributed by atoms with Crippen molar-refractivity contribution in [2.75, 3.05) is 5.73 Å². The molecule has 0 fully saturated rings. The Labute approximate surface area is 138 Å². The highest BCUT2D eigenvalue weighted by molar-refractivity contribution is 6.30. The molecule has 0 aliphatic heterocycles. The van der Waals surface area contributed by atoms with Gasteiger partial charge in [-0.3, -0.25) is 9.89 Å². The fraction of sp³-hybridized carbons (Fsp3) is 0.0588. The number of aromatic nitrogens is 2. The molecule has 116 valence electrons. The van der Waals surface area contributed by atoms with E-state index in [9.17, 15) is 4.79 Å². The number of benzene rings is 2. The number of amides is 1. The number of carbonyl (C=O) groups is 1. The fourth-order valence-electron chi connectivity index (χ4n) is 2.22. The summed E-state index contributed by atoms with van der Waals surface area (Å²) in [4.78, 5) is 11.9. The van der Waals surface area contributed by atoms with Crippen LogP contribution in [-0.2, 0) is 11.3 Å². The zero-order valence-corrected chi connectivity index (χ0v) is 13.0. The van der Waals surface area contributed by atoms with Crippen LogP contribution in [0.25, 0.3) is 17.0 Å². The summed E-state index contributed by atoms with van der Waals surface area (Å²) in [6.07, 6.45) is 3.22. The Kier molecular flexibility index (Phi) is 4.30. The van der Waals surface area contributed by atoms with Crippen LogP contribution < -0.4 is 11.1 Å². The standard InChI is InChI=1S/C17H15ClN4O/c18-13-3-1-2-12(8-13)10-20-16(23)7-5-11-4-6-15-14(9-11)17(19)22-21-15/h1-9H,10H2,(H,20,23)(H3,19,21,22). The van der Waals surface area contributed by atoms with Crippen molar-refractivity contribution in [2.24, 2.45) is 0 Å². The van der Waals surface area contributed by atoms with Crippen molar-refractivity contribution in [1.82, 2.24) is 15.5 Å². The van der Waals surface area contributed by atoms with E-state index in [1.165, 1.54) is 6.08 Å². The maximum absolute atomic E-state index is 11.9. The lowest BCUT2D eigenvalue weighted by molar-refractivity contribution is -0.116. The van der Waals surface area contributed by atoms with Crippen LogP contribution in [0.15, 0.2) is 48.5 Å². The number of H-pyrrole nitrogens is 1. The molecular formula is C17H15ClN4O. The van der Waals surface area contributed by atoms with Crippen LogP contribution in [0.1, 0.15) is 11.1 Å². The van der Waals surface area contributed by atoms with Gasteiger partial charge < -0.3 is 11.1 Å². The van der Waals surface area contributed by atoms with Crippen LogP contribution in [0.3, 0.4) is 0 Å². The average Bonchev–Trinajstić information content (AvgIpc) is 2.92. The van der Waals surface area contributed by atoms with Gasteiger partial charge in [0.05, 0.1) is 5.52 Å². The Balaban J connectivity index is 1.64. The van der Waals surface area contributed by atoms with Crippen LogP contribution in [0.2, 0.25) is 5.02 Å². The van der Waals surface area contributed by atoms with Gasteiger partial charge in [0, 0.05) is 23.0 Å². The number of nitrogens with one attached hydrogen (secondary N) is 2. The second kappa shape index (κ2) is 6.54. The molecule has 0 spiro atoms. The molecule has 1 aromatic heterocycles. The molecule has 1 amide bonds. The first-order valence-electron chi connectivity index (χ1n) is 7.06. The number of nitrogens with zero attached hydrogens (tertiary/aromatic N) is 1. The maximum atomic E-state index is 11.9. The summed E-state index contributed by atoms with van der Waals surface area (Å²) in [6, 6.07) is 13.0. The number of fused-ring (bicyclic) bond motifs is 1. The number of halogens is 1. The molecular weight excluding hydrogens is 312 g/mol. The third-order valence-electron chi connectivity index (χ3n) is 3.40. The van der Waals surface area contributed by atoms with Gasteiger partial charge in [0.15, 0.2) is 5.82 Å². The second-order valence-electron chi connectivity index (χ2n) is 5.09. The van der Waals surface area contributed by atoms with Gasteiger partial charge in [-0.2, -0.15) is 5.10 Å². The molecule has 5 nitrogen and oxygen atoms in total. The number of nitrogens with two attached hydrogens (primary N) is 1. The van der Waals surface area contributed by atoms with Crippen molar-refractivity contribution in [1.29, 1.82) is 0 Å². The van der Waals surface area contributed by atoms with Gasteiger partial charge in [0.25, 0.3) is 0 Å². The van der Waals surface area contributed by atoms with E-state index in [4.69, 9.17) is 17.3 Å². The molecule has 0 aliphatic carbocycles. The molecule has 0 atom stereocenters. The number of carbonyl (C=O) groups excluding carboxylic acids is 1. The first-order chi connectivity index (χ1) is 11.1. The molecule has 0 saturated heterocycles. The molecule has 6 heteroatoms. The number of aromatic amines is 1. The van der Waals surface area contributed by atoms with Crippen LogP contribution >= 0.6 is 11.6 Å². The zero-order chi connectivity index (χ0) is 16.2. The lowest BCUT2D eigenvalue weighted by Gasteiger charge is -2.03. The second-order valence-corrected chi connectivity index (χ2v) is 5.53. The largest absolute Gasteiger partial charge is 0.382 e. The highest BCUT2D eigenvalue weighted by atomic mass is 35.5.